The molecule has 0 aliphatic rings. The Morgan fingerprint density at radius 3 is 2.84 bits per heavy atom. The van der Waals surface area contributed by atoms with Gasteiger partial charge in [-0.3, -0.25) is 10.1 Å². The maximum Gasteiger partial charge on any atom is 0.329 e. The van der Waals surface area contributed by atoms with Gasteiger partial charge in [0.25, 0.3) is 0 Å². The van der Waals surface area contributed by atoms with Gasteiger partial charge in [-0.05, 0) is 6.92 Å². The molecule has 2 heterocycles. The molecule has 0 bridgehead atoms. The maximum absolute atomic E-state index is 10.9. The van der Waals surface area contributed by atoms with Gasteiger partial charge < -0.3 is 10.6 Å². The summed E-state index contributed by atoms with van der Waals surface area (Å²) < 4.78 is 0. The number of anilines is 2. The molecule has 0 fully saturated rings. The summed E-state index contributed by atoms with van der Waals surface area (Å²) in [6.07, 6.45) is 1.11. The smallest absolute Gasteiger partial charge is 0.329 e. The topological polar surface area (TPSA) is 111 Å². The second kappa shape index (κ2) is 5.14. The molecular formula is C10H12N6O2S. The van der Waals surface area contributed by atoms with Crippen LogP contribution in [0.3, 0.4) is 0 Å². The van der Waals surface area contributed by atoms with Crippen LogP contribution >= 0.6 is 11.3 Å². The Bertz CT molecular complexity index is 614. The van der Waals surface area contributed by atoms with Crippen LogP contribution in [0.15, 0.2) is 11.6 Å². The van der Waals surface area contributed by atoms with Crippen molar-refractivity contribution < 1.29 is 4.92 Å². The minimum atomic E-state index is -0.530. The molecule has 19 heavy (non-hydrogen) atoms. The van der Waals surface area contributed by atoms with Crippen LogP contribution in [-0.2, 0) is 6.54 Å². The highest BCUT2D eigenvalue weighted by molar-refractivity contribution is 7.09. The summed E-state index contributed by atoms with van der Waals surface area (Å²) in [5.41, 5.74) is 6.13. The molecule has 0 aromatic carbocycles. The molecule has 0 atom stereocenters. The number of hydrogen-bond donors (Lipinski definition) is 1. The second-order valence-electron chi connectivity index (χ2n) is 3.91. The van der Waals surface area contributed by atoms with Crippen LogP contribution in [0.4, 0.5) is 17.5 Å². The number of rotatable bonds is 4. The van der Waals surface area contributed by atoms with Gasteiger partial charge >= 0.3 is 5.69 Å². The van der Waals surface area contributed by atoms with Gasteiger partial charge in [0.15, 0.2) is 0 Å². The largest absolute Gasteiger partial charge is 0.368 e. The molecule has 100 valence electrons. The summed E-state index contributed by atoms with van der Waals surface area (Å²) >= 11 is 1.53. The molecule has 0 saturated heterocycles. The summed E-state index contributed by atoms with van der Waals surface area (Å²) in [6.45, 7) is 2.32. The molecule has 0 amide bonds. The Morgan fingerprint density at radius 1 is 1.53 bits per heavy atom. The third-order valence-corrected chi connectivity index (χ3v) is 3.21. The molecule has 2 aromatic heterocycles. The van der Waals surface area contributed by atoms with Crippen LogP contribution in [0.5, 0.6) is 0 Å². The molecule has 9 heteroatoms. The van der Waals surface area contributed by atoms with Crippen molar-refractivity contribution in [3.8, 4) is 0 Å². The minimum Gasteiger partial charge on any atom is -0.368 e. The first-order chi connectivity index (χ1) is 8.97. The highest BCUT2D eigenvalue weighted by Gasteiger charge is 2.20. The number of nitrogen functional groups attached to an aromatic ring is 1. The fraction of sp³-hybridized carbons (Fsp3) is 0.300. The van der Waals surface area contributed by atoms with E-state index in [1.165, 1.54) is 11.3 Å². The number of aromatic nitrogens is 3. The number of nitrogens with two attached hydrogens (primary N) is 1. The van der Waals surface area contributed by atoms with E-state index in [4.69, 9.17) is 5.73 Å². The van der Waals surface area contributed by atoms with E-state index in [-0.39, 0.29) is 17.5 Å². The van der Waals surface area contributed by atoms with Crippen LogP contribution in [0.2, 0.25) is 0 Å². The summed E-state index contributed by atoms with van der Waals surface area (Å²) in [4.78, 5) is 23.9. The molecule has 2 rings (SSSR count). The molecule has 0 saturated carbocycles. The van der Waals surface area contributed by atoms with E-state index < -0.39 is 4.92 Å². The van der Waals surface area contributed by atoms with Gasteiger partial charge in [-0.15, -0.1) is 11.3 Å². The lowest BCUT2D eigenvalue weighted by atomic mass is 10.4. The number of nitrogens with zero attached hydrogens (tertiary/aromatic N) is 5. The Kier molecular flexibility index (Phi) is 3.56. The fourth-order valence-electron chi connectivity index (χ4n) is 1.59. The van der Waals surface area contributed by atoms with Crippen molar-refractivity contribution >= 4 is 28.8 Å². The zero-order chi connectivity index (χ0) is 14.0. The number of thiazole rings is 1. The van der Waals surface area contributed by atoms with E-state index in [1.54, 1.807) is 11.9 Å². The second-order valence-corrected chi connectivity index (χ2v) is 4.97. The third-order valence-electron chi connectivity index (χ3n) is 2.39. The lowest BCUT2D eigenvalue weighted by Gasteiger charge is -2.16. The van der Waals surface area contributed by atoms with Crippen molar-refractivity contribution in [3.05, 3.63) is 32.4 Å². The molecule has 0 radical (unpaired) electrons. The van der Waals surface area contributed by atoms with Gasteiger partial charge in [0, 0.05) is 12.4 Å². The van der Waals surface area contributed by atoms with E-state index in [0.29, 0.717) is 6.54 Å². The standard InChI is InChI=1S/C10H12N6O2S/c1-6-13-7(5-19-6)4-15(2)9-8(16(17)18)3-12-10(11)14-9/h3,5H,4H2,1-2H3,(H2,11,12,14). The average Bonchev–Trinajstić information content (AvgIpc) is 2.74. The quantitative estimate of drug-likeness (QED) is 0.664. The number of hydrogen-bond acceptors (Lipinski definition) is 8. The maximum atomic E-state index is 10.9. The Hall–Kier alpha value is -2.29. The average molecular weight is 280 g/mol. The Morgan fingerprint density at radius 2 is 2.26 bits per heavy atom. The normalized spacial score (nSPS) is 10.4. The molecule has 0 spiro atoms. The molecule has 2 aromatic rings. The van der Waals surface area contributed by atoms with Crippen molar-refractivity contribution in [2.24, 2.45) is 0 Å². The highest BCUT2D eigenvalue weighted by atomic mass is 32.1. The van der Waals surface area contributed by atoms with Crippen molar-refractivity contribution in [1.82, 2.24) is 15.0 Å². The molecule has 0 aliphatic heterocycles. The minimum absolute atomic E-state index is 0.00177. The van der Waals surface area contributed by atoms with E-state index in [0.717, 1.165) is 16.9 Å². The first kappa shape index (κ1) is 13.1. The monoisotopic (exact) mass is 280 g/mol. The van der Waals surface area contributed by atoms with Crippen molar-refractivity contribution in [2.75, 3.05) is 17.7 Å². The van der Waals surface area contributed by atoms with Crippen molar-refractivity contribution in [3.63, 3.8) is 0 Å². The predicted octanol–water partition coefficient (Wildman–Crippen LogP) is 1.37. The number of nitro groups is 1. The highest BCUT2D eigenvalue weighted by Crippen LogP contribution is 2.25. The van der Waals surface area contributed by atoms with E-state index in [2.05, 4.69) is 15.0 Å². The van der Waals surface area contributed by atoms with Crippen LogP contribution in [0.25, 0.3) is 0 Å². The summed E-state index contributed by atoms with van der Waals surface area (Å²) in [5, 5.41) is 13.8. The molecule has 0 unspecified atom stereocenters. The van der Waals surface area contributed by atoms with Crippen molar-refractivity contribution in [1.29, 1.82) is 0 Å². The van der Waals surface area contributed by atoms with Gasteiger partial charge in [0.2, 0.25) is 11.8 Å². The molecule has 2 N–H and O–H groups in total. The van der Waals surface area contributed by atoms with Gasteiger partial charge in [0.1, 0.15) is 6.20 Å². The molecule has 8 nitrogen and oxygen atoms in total. The van der Waals surface area contributed by atoms with Gasteiger partial charge in [-0.1, -0.05) is 0 Å². The van der Waals surface area contributed by atoms with Crippen LogP contribution in [0, 0.1) is 17.0 Å². The summed E-state index contributed by atoms with van der Waals surface area (Å²) in [5.74, 6) is 0.185. The SMILES string of the molecule is Cc1nc(CN(C)c2nc(N)ncc2[N+](=O)[O-])cs1. The molecule has 0 aliphatic carbocycles. The molecular weight excluding hydrogens is 268 g/mol. The van der Waals surface area contributed by atoms with Crippen molar-refractivity contribution in [2.45, 2.75) is 13.5 Å². The first-order valence-corrected chi connectivity index (χ1v) is 6.24. The first-order valence-electron chi connectivity index (χ1n) is 5.36. The zero-order valence-electron chi connectivity index (χ0n) is 10.4. The summed E-state index contributed by atoms with van der Waals surface area (Å²) in [6, 6.07) is 0. The Labute approximate surface area is 113 Å². The number of aryl methyl sites for hydroxylation is 1. The van der Waals surface area contributed by atoms with Gasteiger partial charge in [-0.2, -0.15) is 4.98 Å². The van der Waals surface area contributed by atoms with Crippen LogP contribution < -0.4 is 10.6 Å². The van der Waals surface area contributed by atoms with Gasteiger partial charge in [0.05, 0.1) is 22.2 Å². The fourth-order valence-corrected chi connectivity index (χ4v) is 2.19. The van der Waals surface area contributed by atoms with Crippen LogP contribution in [-0.4, -0.2) is 26.9 Å². The van der Waals surface area contributed by atoms with E-state index >= 15 is 0 Å². The lowest BCUT2D eigenvalue weighted by Crippen LogP contribution is -2.20. The van der Waals surface area contributed by atoms with Crippen LogP contribution in [0.1, 0.15) is 10.7 Å². The van der Waals surface area contributed by atoms with E-state index in [9.17, 15) is 10.1 Å². The lowest BCUT2D eigenvalue weighted by molar-refractivity contribution is -0.384. The Balaban J connectivity index is 2.29. The van der Waals surface area contributed by atoms with E-state index in [1.807, 2.05) is 12.3 Å². The zero-order valence-corrected chi connectivity index (χ0v) is 11.2. The predicted molar refractivity (Wildman–Crippen MR) is 72.1 cm³/mol. The van der Waals surface area contributed by atoms with Gasteiger partial charge in [-0.25, -0.2) is 9.97 Å². The third kappa shape index (κ3) is 2.94. The summed E-state index contributed by atoms with van der Waals surface area (Å²) in [7, 11) is 1.70.